The van der Waals surface area contributed by atoms with Crippen LogP contribution < -0.4 is 5.32 Å². The maximum absolute atomic E-state index is 12.0. The number of hydrogen-bond acceptors (Lipinski definition) is 6. The number of nitrogens with zero attached hydrogens (tertiary/aromatic N) is 2. The van der Waals surface area contributed by atoms with Crippen LogP contribution in [0.25, 0.3) is 0 Å². The Kier molecular flexibility index (Phi) is 6.97. The average Bonchev–Trinajstić information content (AvgIpc) is 3.15. The average molecular weight is 369 g/mol. The van der Waals surface area contributed by atoms with E-state index >= 15 is 0 Å². The number of hydrogen-bond donors (Lipinski definition) is 1. The zero-order valence-corrected chi connectivity index (χ0v) is 15.1. The van der Waals surface area contributed by atoms with Gasteiger partial charge in [0, 0.05) is 25.8 Å². The minimum atomic E-state index is -0.0557. The van der Waals surface area contributed by atoms with Gasteiger partial charge in [-0.15, -0.1) is 0 Å². The molecule has 1 aromatic carbocycles. The summed E-state index contributed by atoms with van der Waals surface area (Å²) in [7, 11) is 0. The molecule has 1 aromatic heterocycles. The molecule has 0 aliphatic carbocycles. The monoisotopic (exact) mass is 369 g/mol. The summed E-state index contributed by atoms with van der Waals surface area (Å²) in [6, 6.07) is 11.0. The van der Waals surface area contributed by atoms with E-state index in [1.54, 1.807) is 18.2 Å². The summed E-state index contributed by atoms with van der Waals surface area (Å²) in [6.45, 7) is 2.91. The molecule has 0 atom stereocenters. The highest BCUT2D eigenvalue weighted by molar-refractivity contribution is 5.78. The molecule has 2 aromatic rings. The lowest BCUT2D eigenvalue weighted by Crippen LogP contribution is -2.33. The molecule has 1 amide bonds. The lowest BCUT2D eigenvalue weighted by molar-refractivity contribution is -0.120. The topological polar surface area (TPSA) is 97.4 Å². The summed E-state index contributed by atoms with van der Waals surface area (Å²) in [4.78, 5) is 12.0. The highest BCUT2D eigenvalue weighted by Crippen LogP contribution is 2.13. The summed E-state index contributed by atoms with van der Waals surface area (Å²) in [5, 5.41) is 15.7. The number of amides is 1. The number of benzene rings is 1. The van der Waals surface area contributed by atoms with E-state index in [-0.39, 0.29) is 18.9 Å². The van der Waals surface area contributed by atoms with Gasteiger partial charge in [0.15, 0.2) is 5.76 Å². The van der Waals surface area contributed by atoms with Crippen LogP contribution in [0.4, 0.5) is 0 Å². The summed E-state index contributed by atoms with van der Waals surface area (Å²) in [5.41, 5.74) is 2.19. The molecule has 142 valence electrons. The standard InChI is InChI=1S/C20H23N3O4/c21-11-15-1-3-17(4-2-15)13-26-14-19-9-18(23-27-19)10-20(24)22-12-16-5-7-25-8-6-16/h1-4,9,16H,5-8,10,12-14H2,(H,22,24). The quantitative estimate of drug-likeness (QED) is 0.767. The van der Waals surface area contributed by atoms with Crippen LogP contribution in [0.1, 0.15) is 35.4 Å². The Balaban J connectivity index is 1.37. The summed E-state index contributed by atoms with van der Waals surface area (Å²) >= 11 is 0. The van der Waals surface area contributed by atoms with Gasteiger partial charge in [-0.2, -0.15) is 5.26 Å². The van der Waals surface area contributed by atoms with Crippen LogP contribution in [0.2, 0.25) is 0 Å². The zero-order valence-electron chi connectivity index (χ0n) is 15.1. The van der Waals surface area contributed by atoms with Crippen molar-refractivity contribution in [3.05, 3.63) is 52.9 Å². The van der Waals surface area contributed by atoms with Crippen molar-refractivity contribution in [2.24, 2.45) is 5.92 Å². The molecule has 1 aliphatic rings. The first kappa shape index (κ1) is 19.1. The van der Waals surface area contributed by atoms with E-state index < -0.39 is 0 Å². The van der Waals surface area contributed by atoms with E-state index in [9.17, 15) is 4.79 Å². The highest BCUT2D eigenvalue weighted by Gasteiger charge is 2.15. The van der Waals surface area contributed by atoms with Gasteiger partial charge in [-0.05, 0) is 36.5 Å². The second-order valence-electron chi connectivity index (χ2n) is 6.62. The maximum Gasteiger partial charge on any atom is 0.226 e. The first-order valence-electron chi connectivity index (χ1n) is 9.08. The van der Waals surface area contributed by atoms with Crippen molar-refractivity contribution in [3.63, 3.8) is 0 Å². The Morgan fingerprint density at radius 2 is 2.04 bits per heavy atom. The lowest BCUT2D eigenvalue weighted by Gasteiger charge is -2.21. The van der Waals surface area contributed by atoms with Crippen molar-refractivity contribution < 1.29 is 18.8 Å². The molecule has 0 bridgehead atoms. The van der Waals surface area contributed by atoms with Crippen molar-refractivity contribution in [1.82, 2.24) is 10.5 Å². The fourth-order valence-electron chi connectivity index (χ4n) is 2.89. The van der Waals surface area contributed by atoms with Crippen LogP contribution >= 0.6 is 0 Å². The van der Waals surface area contributed by atoms with Crippen LogP contribution in [0, 0.1) is 17.2 Å². The third kappa shape index (κ3) is 6.20. The number of aromatic nitrogens is 1. The molecule has 1 saturated heterocycles. The minimum Gasteiger partial charge on any atom is -0.381 e. The van der Waals surface area contributed by atoms with Crippen molar-refractivity contribution in [2.75, 3.05) is 19.8 Å². The van der Waals surface area contributed by atoms with Crippen LogP contribution in [-0.4, -0.2) is 30.8 Å². The molecule has 7 heteroatoms. The lowest BCUT2D eigenvalue weighted by atomic mass is 10.0. The molecule has 1 fully saturated rings. The maximum atomic E-state index is 12.0. The van der Waals surface area contributed by atoms with Crippen molar-refractivity contribution in [1.29, 1.82) is 5.26 Å². The fraction of sp³-hybridized carbons (Fsp3) is 0.450. The van der Waals surface area contributed by atoms with E-state index in [0.717, 1.165) is 31.6 Å². The Morgan fingerprint density at radius 1 is 1.26 bits per heavy atom. The molecule has 1 N–H and O–H groups in total. The van der Waals surface area contributed by atoms with Crippen LogP contribution in [0.5, 0.6) is 0 Å². The highest BCUT2D eigenvalue weighted by atomic mass is 16.5. The predicted octanol–water partition coefficient (Wildman–Crippen LogP) is 2.35. The Morgan fingerprint density at radius 3 is 2.78 bits per heavy atom. The Labute approximate surface area is 158 Å². The molecule has 3 rings (SSSR count). The molecule has 7 nitrogen and oxygen atoms in total. The number of carbonyl (C=O) groups is 1. The van der Waals surface area contributed by atoms with Gasteiger partial charge in [0.05, 0.1) is 30.4 Å². The van der Waals surface area contributed by atoms with Gasteiger partial charge in [0.25, 0.3) is 0 Å². The number of nitrogens with one attached hydrogen (secondary N) is 1. The molecule has 0 unspecified atom stereocenters. The number of rotatable bonds is 8. The van der Waals surface area contributed by atoms with Gasteiger partial charge < -0.3 is 19.3 Å². The van der Waals surface area contributed by atoms with E-state index in [1.807, 2.05) is 12.1 Å². The van der Waals surface area contributed by atoms with E-state index in [2.05, 4.69) is 16.5 Å². The zero-order chi connectivity index (χ0) is 18.9. The van der Waals surface area contributed by atoms with Crippen molar-refractivity contribution >= 4 is 5.91 Å². The largest absolute Gasteiger partial charge is 0.381 e. The molecule has 1 aliphatic heterocycles. The van der Waals surface area contributed by atoms with E-state index in [1.165, 1.54) is 0 Å². The third-order valence-corrected chi connectivity index (χ3v) is 4.47. The minimum absolute atomic E-state index is 0.0557. The second kappa shape index (κ2) is 9.86. The molecule has 0 radical (unpaired) electrons. The summed E-state index contributed by atoms with van der Waals surface area (Å²) in [6.07, 6.45) is 2.18. The second-order valence-corrected chi connectivity index (χ2v) is 6.62. The van der Waals surface area contributed by atoms with Gasteiger partial charge >= 0.3 is 0 Å². The van der Waals surface area contributed by atoms with Gasteiger partial charge in [0.1, 0.15) is 6.61 Å². The number of nitriles is 1. The smallest absolute Gasteiger partial charge is 0.226 e. The van der Waals surface area contributed by atoms with Gasteiger partial charge in [0.2, 0.25) is 5.91 Å². The van der Waals surface area contributed by atoms with Crippen LogP contribution in [-0.2, 0) is 33.9 Å². The molecule has 0 saturated carbocycles. The number of ether oxygens (including phenoxy) is 2. The molecule has 2 heterocycles. The first-order valence-corrected chi connectivity index (χ1v) is 9.08. The van der Waals surface area contributed by atoms with Gasteiger partial charge in [-0.25, -0.2) is 0 Å². The summed E-state index contributed by atoms with van der Waals surface area (Å²) in [5.74, 6) is 1.02. The van der Waals surface area contributed by atoms with Crippen molar-refractivity contribution in [2.45, 2.75) is 32.5 Å². The van der Waals surface area contributed by atoms with E-state index in [0.29, 0.717) is 36.1 Å². The molecular weight excluding hydrogens is 346 g/mol. The van der Waals surface area contributed by atoms with Crippen LogP contribution in [0.3, 0.4) is 0 Å². The first-order chi connectivity index (χ1) is 13.2. The molecule has 0 spiro atoms. The fourth-order valence-corrected chi connectivity index (χ4v) is 2.89. The summed E-state index contributed by atoms with van der Waals surface area (Å²) < 4.78 is 16.1. The van der Waals surface area contributed by atoms with Crippen molar-refractivity contribution in [3.8, 4) is 6.07 Å². The predicted molar refractivity (Wildman–Crippen MR) is 96.4 cm³/mol. The van der Waals surface area contributed by atoms with Gasteiger partial charge in [-0.3, -0.25) is 4.79 Å². The Bertz CT molecular complexity index is 773. The molecular formula is C20H23N3O4. The Hall–Kier alpha value is -2.69. The SMILES string of the molecule is N#Cc1ccc(COCc2cc(CC(=O)NCC3CCOCC3)no2)cc1. The van der Waals surface area contributed by atoms with Gasteiger partial charge in [-0.1, -0.05) is 17.3 Å². The van der Waals surface area contributed by atoms with E-state index in [4.69, 9.17) is 19.3 Å². The molecule has 27 heavy (non-hydrogen) atoms. The third-order valence-electron chi connectivity index (χ3n) is 4.47. The normalized spacial score (nSPS) is 14.6. The van der Waals surface area contributed by atoms with Crippen LogP contribution in [0.15, 0.2) is 34.9 Å². The number of carbonyl (C=O) groups excluding carboxylic acids is 1.